The Morgan fingerprint density at radius 3 is 2.56 bits per heavy atom. The van der Waals surface area contributed by atoms with Crippen molar-refractivity contribution in [1.29, 1.82) is 0 Å². The van der Waals surface area contributed by atoms with Crippen molar-refractivity contribution >= 4 is 18.0 Å². The van der Waals surface area contributed by atoms with E-state index in [-0.39, 0.29) is 37.0 Å². The number of hydrogen-bond acceptors (Lipinski definition) is 4. The molecule has 178 valence electrons. The third-order valence-corrected chi connectivity index (χ3v) is 5.47. The van der Waals surface area contributed by atoms with Gasteiger partial charge < -0.3 is 15.0 Å². The van der Waals surface area contributed by atoms with Crippen LogP contribution >= 0.6 is 0 Å². The summed E-state index contributed by atoms with van der Waals surface area (Å²) in [5, 5.41) is 2.78. The van der Waals surface area contributed by atoms with Crippen molar-refractivity contribution in [3.63, 3.8) is 0 Å². The minimum Gasteiger partial charge on any atom is -0.418 e. The SMILES string of the molecule is O=C(NCCCc1ccccc1)C1=CN2CCN(Cc3ccccc3C(F)(F)F)C(=O)N=C2O1. The fourth-order valence-corrected chi connectivity index (χ4v) is 3.72. The van der Waals surface area contributed by atoms with Crippen LogP contribution < -0.4 is 5.32 Å². The van der Waals surface area contributed by atoms with Gasteiger partial charge in [0.2, 0.25) is 5.76 Å². The number of hydrogen-bond donors (Lipinski definition) is 1. The molecule has 2 aromatic carbocycles. The van der Waals surface area contributed by atoms with Gasteiger partial charge in [-0.1, -0.05) is 48.5 Å². The number of ether oxygens (including phenoxy) is 1. The Morgan fingerprint density at radius 1 is 1.06 bits per heavy atom. The number of urea groups is 1. The van der Waals surface area contributed by atoms with Crippen molar-refractivity contribution < 1.29 is 27.5 Å². The number of halogens is 3. The predicted octanol–water partition coefficient (Wildman–Crippen LogP) is 3.92. The Kier molecular flexibility index (Phi) is 6.85. The van der Waals surface area contributed by atoms with Gasteiger partial charge >= 0.3 is 18.2 Å². The average Bonchev–Trinajstić information content (AvgIpc) is 3.16. The molecular weight excluding hydrogens is 449 g/mol. The molecule has 7 nitrogen and oxygen atoms in total. The second-order valence-corrected chi connectivity index (χ2v) is 7.89. The van der Waals surface area contributed by atoms with Gasteiger partial charge in [-0.15, -0.1) is 4.99 Å². The second kappa shape index (κ2) is 9.98. The monoisotopic (exact) mass is 472 g/mol. The molecule has 0 aliphatic carbocycles. The van der Waals surface area contributed by atoms with E-state index in [2.05, 4.69) is 10.3 Å². The first-order chi connectivity index (χ1) is 16.3. The van der Waals surface area contributed by atoms with Crippen LogP contribution in [0.25, 0.3) is 0 Å². The Hall–Kier alpha value is -3.82. The van der Waals surface area contributed by atoms with Gasteiger partial charge in [-0.05, 0) is 30.0 Å². The van der Waals surface area contributed by atoms with Crippen LogP contribution in [-0.2, 0) is 28.7 Å². The molecule has 0 bridgehead atoms. The summed E-state index contributed by atoms with van der Waals surface area (Å²) < 4.78 is 45.3. The number of amides is 3. The van der Waals surface area contributed by atoms with Crippen LogP contribution in [0.4, 0.5) is 18.0 Å². The molecule has 0 saturated heterocycles. The lowest BCUT2D eigenvalue weighted by molar-refractivity contribution is -0.138. The fourth-order valence-electron chi connectivity index (χ4n) is 3.72. The van der Waals surface area contributed by atoms with Crippen molar-refractivity contribution in [3.05, 3.63) is 83.2 Å². The Balaban J connectivity index is 1.32. The lowest BCUT2D eigenvalue weighted by Crippen LogP contribution is -2.32. The smallest absolute Gasteiger partial charge is 0.416 e. The van der Waals surface area contributed by atoms with E-state index in [0.29, 0.717) is 6.54 Å². The summed E-state index contributed by atoms with van der Waals surface area (Å²) in [6.45, 7) is 0.553. The number of nitrogens with one attached hydrogen (secondary N) is 1. The molecule has 2 aliphatic rings. The van der Waals surface area contributed by atoms with E-state index in [4.69, 9.17) is 4.74 Å². The predicted molar refractivity (Wildman–Crippen MR) is 118 cm³/mol. The molecule has 0 spiro atoms. The first-order valence-corrected chi connectivity index (χ1v) is 10.8. The molecule has 10 heteroatoms. The average molecular weight is 472 g/mol. The third-order valence-electron chi connectivity index (χ3n) is 5.47. The summed E-state index contributed by atoms with van der Waals surface area (Å²) >= 11 is 0. The third kappa shape index (κ3) is 5.56. The molecule has 2 heterocycles. The zero-order valence-electron chi connectivity index (χ0n) is 18.2. The number of rotatable bonds is 7. The molecule has 0 unspecified atom stereocenters. The van der Waals surface area contributed by atoms with Crippen LogP contribution in [0.1, 0.15) is 23.1 Å². The molecule has 4 rings (SSSR count). The number of aryl methyl sites for hydroxylation is 1. The lowest BCUT2D eigenvalue weighted by Gasteiger charge is -2.21. The molecular formula is C24H23F3N4O3. The van der Waals surface area contributed by atoms with Gasteiger partial charge in [-0.3, -0.25) is 9.69 Å². The highest BCUT2D eigenvalue weighted by atomic mass is 19.4. The number of carbonyl (C=O) groups is 2. The van der Waals surface area contributed by atoms with Gasteiger partial charge in [0.15, 0.2) is 0 Å². The number of carbonyl (C=O) groups excluding carboxylic acids is 2. The summed E-state index contributed by atoms with van der Waals surface area (Å²) in [7, 11) is 0. The van der Waals surface area contributed by atoms with Crippen LogP contribution in [0.15, 0.2) is 71.5 Å². The molecule has 1 N–H and O–H groups in total. The highest BCUT2D eigenvalue weighted by molar-refractivity contribution is 5.99. The second-order valence-electron chi connectivity index (χ2n) is 7.89. The van der Waals surface area contributed by atoms with E-state index >= 15 is 0 Å². The molecule has 34 heavy (non-hydrogen) atoms. The van der Waals surface area contributed by atoms with Crippen LogP contribution in [0.3, 0.4) is 0 Å². The van der Waals surface area contributed by atoms with Crippen molar-refractivity contribution in [3.8, 4) is 0 Å². The van der Waals surface area contributed by atoms with Gasteiger partial charge in [0.25, 0.3) is 5.91 Å². The number of aliphatic imine (C=N–C) groups is 1. The van der Waals surface area contributed by atoms with Crippen LogP contribution in [0.5, 0.6) is 0 Å². The van der Waals surface area contributed by atoms with E-state index in [1.54, 1.807) is 0 Å². The highest BCUT2D eigenvalue weighted by Crippen LogP contribution is 2.32. The minimum atomic E-state index is -4.52. The van der Waals surface area contributed by atoms with Gasteiger partial charge in [0.1, 0.15) is 0 Å². The van der Waals surface area contributed by atoms with E-state index in [0.717, 1.165) is 18.9 Å². The van der Waals surface area contributed by atoms with E-state index in [1.807, 2.05) is 30.3 Å². The van der Waals surface area contributed by atoms with Crippen molar-refractivity contribution in [1.82, 2.24) is 15.1 Å². The van der Waals surface area contributed by atoms with Crippen LogP contribution in [-0.4, -0.2) is 47.4 Å². The normalized spacial score (nSPS) is 15.8. The Morgan fingerprint density at radius 2 is 1.79 bits per heavy atom. The topological polar surface area (TPSA) is 74.2 Å². The fraction of sp³-hybridized carbons (Fsp3) is 0.292. The van der Waals surface area contributed by atoms with E-state index in [1.165, 1.54) is 39.8 Å². The number of fused-ring (bicyclic) bond motifs is 1. The maximum Gasteiger partial charge on any atom is 0.416 e. The Labute approximate surface area is 194 Å². The maximum atomic E-state index is 13.3. The zero-order chi connectivity index (χ0) is 24.1. The number of amidine groups is 1. The number of alkyl halides is 3. The van der Waals surface area contributed by atoms with Crippen molar-refractivity contribution in [2.24, 2.45) is 4.99 Å². The van der Waals surface area contributed by atoms with Gasteiger partial charge in [-0.25, -0.2) is 4.79 Å². The molecule has 0 radical (unpaired) electrons. The maximum absolute atomic E-state index is 13.3. The molecule has 2 aromatic rings. The Bertz CT molecular complexity index is 1120. The number of benzene rings is 2. The minimum absolute atomic E-state index is 0.0159. The van der Waals surface area contributed by atoms with Gasteiger partial charge in [-0.2, -0.15) is 13.2 Å². The molecule has 3 amide bonds. The van der Waals surface area contributed by atoms with E-state index in [9.17, 15) is 22.8 Å². The zero-order valence-corrected chi connectivity index (χ0v) is 18.2. The first kappa shape index (κ1) is 23.3. The molecule has 0 aromatic heterocycles. The summed E-state index contributed by atoms with van der Waals surface area (Å²) in [4.78, 5) is 31.6. The first-order valence-electron chi connectivity index (χ1n) is 10.8. The quantitative estimate of drug-likeness (QED) is 0.620. The standard InChI is InChI=1S/C24H23F3N4O3/c25-24(26,27)19-11-5-4-10-18(19)15-30-13-14-31-16-20(34-23(31)29-22(30)33)21(32)28-12-6-9-17-7-2-1-3-8-17/h1-5,7-8,10-11,16H,6,9,12-15H2,(H,28,32). The molecule has 0 atom stereocenters. The van der Waals surface area contributed by atoms with Gasteiger partial charge in [0.05, 0.1) is 11.8 Å². The van der Waals surface area contributed by atoms with Crippen molar-refractivity contribution in [2.45, 2.75) is 25.6 Å². The largest absolute Gasteiger partial charge is 0.418 e. The number of nitrogens with zero attached hydrogens (tertiary/aromatic N) is 3. The summed E-state index contributed by atoms with van der Waals surface area (Å²) in [6, 6.07) is 14.2. The molecule has 2 aliphatic heterocycles. The molecule has 0 fully saturated rings. The van der Waals surface area contributed by atoms with Gasteiger partial charge in [0, 0.05) is 26.2 Å². The summed E-state index contributed by atoms with van der Waals surface area (Å²) in [5.41, 5.74) is 0.372. The summed E-state index contributed by atoms with van der Waals surface area (Å²) in [5.74, 6) is -0.408. The highest BCUT2D eigenvalue weighted by Gasteiger charge is 2.35. The lowest BCUT2D eigenvalue weighted by atomic mass is 10.1. The van der Waals surface area contributed by atoms with Crippen LogP contribution in [0, 0.1) is 0 Å². The van der Waals surface area contributed by atoms with E-state index < -0.39 is 23.7 Å². The van der Waals surface area contributed by atoms with Crippen molar-refractivity contribution in [2.75, 3.05) is 19.6 Å². The van der Waals surface area contributed by atoms with Crippen LogP contribution in [0.2, 0.25) is 0 Å². The summed E-state index contributed by atoms with van der Waals surface area (Å²) in [6.07, 6.45) is -1.50. The molecule has 0 saturated carbocycles.